The summed E-state index contributed by atoms with van der Waals surface area (Å²) in [5, 5.41) is 2.87. The topological polar surface area (TPSA) is 42.0 Å². The molecule has 1 aromatic rings. The SMILES string of the molecule is O=C(CC1CCCCCC1)Nc1ccc(Br)cn1. The van der Waals surface area contributed by atoms with E-state index in [1.165, 1.54) is 38.5 Å². The quantitative estimate of drug-likeness (QED) is 0.852. The number of carbonyl (C=O) groups excluding carboxylic acids is 1. The van der Waals surface area contributed by atoms with E-state index in [4.69, 9.17) is 0 Å². The van der Waals surface area contributed by atoms with Crippen molar-refractivity contribution in [1.29, 1.82) is 0 Å². The molecule has 1 aliphatic rings. The van der Waals surface area contributed by atoms with Crippen molar-refractivity contribution in [1.82, 2.24) is 4.98 Å². The number of nitrogens with one attached hydrogen (secondary N) is 1. The van der Waals surface area contributed by atoms with Gasteiger partial charge in [0, 0.05) is 17.1 Å². The maximum atomic E-state index is 11.9. The molecule has 1 aromatic heterocycles. The van der Waals surface area contributed by atoms with Gasteiger partial charge in [-0.15, -0.1) is 0 Å². The number of pyridine rings is 1. The average molecular weight is 311 g/mol. The molecule has 0 saturated heterocycles. The van der Waals surface area contributed by atoms with Crippen LogP contribution in [0.5, 0.6) is 0 Å². The zero-order valence-electron chi connectivity index (χ0n) is 10.5. The number of rotatable bonds is 3. The summed E-state index contributed by atoms with van der Waals surface area (Å²) >= 11 is 3.32. The normalized spacial score (nSPS) is 17.2. The Kier molecular flexibility index (Phi) is 5.17. The Morgan fingerprint density at radius 2 is 2.00 bits per heavy atom. The Bertz CT molecular complexity index is 383. The maximum Gasteiger partial charge on any atom is 0.225 e. The third kappa shape index (κ3) is 4.41. The number of hydrogen-bond acceptors (Lipinski definition) is 2. The number of amides is 1. The van der Waals surface area contributed by atoms with Crippen LogP contribution >= 0.6 is 15.9 Å². The van der Waals surface area contributed by atoms with Crippen LogP contribution in [0.2, 0.25) is 0 Å². The van der Waals surface area contributed by atoms with Crippen LogP contribution in [0.25, 0.3) is 0 Å². The van der Waals surface area contributed by atoms with E-state index in [1.54, 1.807) is 6.20 Å². The number of aromatic nitrogens is 1. The van der Waals surface area contributed by atoms with E-state index in [0.29, 0.717) is 18.2 Å². The minimum atomic E-state index is 0.0942. The number of nitrogens with zero attached hydrogens (tertiary/aromatic N) is 1. The standard InChI is InChI=1S/C14H19BrN2O/c15-12-7-8-13(16-10-12)17-14(18)9-11-5-3-1-2-4-6-11/h7-8,10-11H,1-6,9H2,(H,16,17,18). The van der Waals surface area contributed by atoms with E-state index in [-0.39, 0.29) is 5.91 Å². The van der Waals surface area contributed by atoms with Crippen LogP contribution in [0.15, 0.2) is 22.8 Å². The van der Waals surface area contributed by atoms with Crippen LogP contribution in [0, 0.1) is 5.92 Å². The van der Waals surface area contributed by atoms with Gasteiger partial charge < -0.3 is 5.32 Å². The van der Waals surface area contributed by atoms with E-state index in [1.807, 2.05) is 12.1 Å². The lowest BCUT2D eigenvalue weighted by Crippen LogP contribution is -2.17. The summed E-state index contributed by atoms with van der Waals surface area (Å²) in [5.41, 5.74) is 0. The second-order valence-corrected chi connectivity index (χ2v) is 5.89. The van der Waals surface area contributed by atoms with E-state index >= 15 is 0 Å². The minimum Gasteiger partial charge on any atom is -0.311 e. The van der Waals surface area contributed by atoms with Crippen LogP contribution < -0.4 is 5.32 Å². The predicted molar refractivity (Wildman–Crippen MR) is 76.4 cm³/mol. The Hall–Kier alpha value is -0.900. The molecular formula is C14H19BrN2O. The van der Waals surface area contributed by atoms with Crippen LogP contribution in [-0.4, -0.2) is 10.9 Å². The number of hydrogen-bond donors (Lipinski definition) is 1. The van der Waals surface area contributed by atoms with Crippen molar-refractivity contribution >= 4 is 27.7 Å². The summed E-state index contributed by atoms with van der Waals surface area (Å²) in [6.07, 6.45) is 9.92. The van der Waals surface area contributed by atoms with E-state index in [2.05, 4.69) is 26.2 Å². The molecule has 0 aromatic carbocycles. The molecule has 1 heterocycles. The van der Waals surface area contributed by atoms with Gasteiger partial charge in [0.2, 0.25) is 5.91 Å². The van der Waals surface area contributed by atoms with Crippen molar-refractivity contribution in [3.05, 3.63) is 22.8 Å². The lowest BCUT2D eigenvalue weighted by atomic mass is 9.96. The molecule has 0 bridgehead atoms. The maximum absolute atomic E-state index is 11.9. The van der Waals surface area contributed by atoms with Crippen molar-refractivity contribution in [2.24, 2.45) is 5.92 Å². The molecule has 1 fully saturated rings. The average Bonchev–Trinajstić information content (AvgIpc) is 2.61. The first-order valence-electron chi connectivity index (χ1n) is 6.65. The lowest BCUT2D eigenvalue weighted by molar-refractivity contribution is -0.117. The Balaban J connectivity index is 1.82. The van der Waals surface area contributed by atoms with Gasteiger partial charge in [-0.25, -0.2) is 4.98 Å². The predicted octanol–water partition coefficient (Wildman–Crippen LogP) is 4.14. The second kappa shape index (κ2) is 6.88. The summed E-state index contributed by atoms with van der Waals surface area (Å²) < 4.78 is 0.921. The molecule has 0 radical (unpaired) electrons. The molecule has 4 heteroatoms. The van der Waals surface area contributed by atoms with E-state index < -0.39 is 0 Å². The highest BCUT2D eigenvalue weighted by molar-refractivity contribution is 9.10. The molecule has 18 heavy (non-hydrogen) atoms. The molecule has 1 aliphatic carbocycles. The van der Waals surface area contributed by atoms with Crippen LogP contribution in [0.3, 0.4) is 0 Å². The van der Waals surface area contributed by atoms with E-state index in [0.717, 1.165) is 4.47 Å². The summed E-state index contributed by atoms with van der Waals surface area (Å²) in [5.74, 6) is 1.29. The highest BCUT2D eigenvalue weighted by Gasteiger charge is 2.16. The van der Waals surface area contributed by atoms with Gasteiger partial charge in [0.05, 0.1) is 0 Å². The van der Waals surface area contributed by atoms with Gasteiger partial charge in [0.25, 0.3) is 0 Å². The fourth-order valence-electron chi connectivity index (χ4n) is 2.47. The van der Waals surface area contributed by atoms with Gasteiger partial charge in [-0.1, -0.05) is 25.7 Å². The van der Waals surface area contributed by atoms with Gasteiger partial charge in [0.15, 0.2) is 0 Å². The Morgan fingerprint density at radius 1 is 1.28 bits per heavy atom. The van der Waals surface area contributed by atoms with Crippen molar-refractivity contribution in [3.63, 3.8) is 0 Å². The third-order valence-corrected chi connectivity index (χ3v) is 3.91. The van der Waals surface area contributed by atoms with Crippen molar-refractivity contribution in [2.75, 3.05) is 5.32 Å². The zero-order chi connectivity index (χ0) is 12.8. The van der Waals surface area contributed by atoms with Crippen molar-refractivity contribution in [2.45, 2.75) is 44.9 Å². The third-order valence-electron chi connectivity index (χ3n) is 3.44. The summed E-state index contributed by atoms with van der Waals surface area (Å²) in [6, 6.07) is 3.70. The van der Waals surface area contributed by atoms with Gasteiger partial charge in [-0.2, -0.15) is 0 Å². The molecule has 2 rings (SSSR count). The molecule has 3 nitrogen and oxygen atoms in total. The Labute approximate surface area is 117 Å². The van der Waals surface area contributed by atoms with Gasteiger partial charge in [-0.05, 0) is 46.8 Å². The molecular weight excluding hydrogens is 292 g/mol. The van der Waals surface area contributed by atoms with Crippen LogP contribution in [-0.2, 0) is 4.79 Å². The second-order valence-electron chi connectivity index (χ2n) is 4.97. The molecule has 1 saturated carbocycles. The Morgan fingerprint density at radius 3 is 2.61 bits per heavy atom. The molecule has 0 aliphatic heterocycles. The van der Waals surface area contributed by atoms with E-state index in [9.17, 15) is 4.79 Å². The number of carbonyl (C=O) groups is 1. The summed E-state index contributed by atoms with van der Waals surface area (Å²) in [6.45, 7) is 0. The summed E-state index contributed by atoms with van der Waals surface area (Å²) in [4.78, 5) is 16.1. The first kappa shape index (κ1) is 13.5. The molecule has 1 N–H and O–H groups in total. The van der Waals surface area contributed by atoms with Crippen molar-refractivity contribution < 1.29 is 4.79 Å². The first-order chi connectivity index (χ1) is 8.74. The molecule has 0 spiro atoms. The van der Waals surface area contributed by atoms with Gasteiger partial charge in [0.1, 0.15) is 5.82 Å². The summed E-state index contributed by atoms with van der Waals surface area (Å²) in [7, 11) is 0. The first-order valence-corrected chi connectivity index (χ1v) is 7.45. The lowest BCUT2D eigenvalue weighted by Gasteiger charge is -2.13. The highest BCUT2D eigenvalue weighted by atomic mass is 79.9. The van der Waals surface area contributed by atoms with Gasteiger partial charge in [-0.3, -0.25) is 4.79 Å². The zero-order valence-corrected chi connectivity index (χ0v) is 12.1. The van der Waals surface area contributed by atoms with Crippen LogP contribution in [0.1, 0.15) is 44.9 Å². The largest absolute Gasteiger partial charge is 0.311 e. The smallest absolute Gasteiger partial charge is 0.225 e. The number of halogens is 1. The van der Waals surface area contributed by atoms with Crippen molar-refractivity contribution in [3.8, 4) is 0 Å². The van der Waals surface area contributed by atoms with Gasteiger partial charge >= 0.3 is 0 Å². The fourth-order valence-corrected chi connectivity index (χ4v) is 2.71. The molecule has 0 unspecified atom stereocenters. The molecule has 98 valence electrons. The molecule has 1 amide bonds. The minimum absolute atomic E-state index is 0.0942. The monoisotopic (exact) mass is 310 g/mol. The molecule has 0 atom stereocenters. The highest BCUT2D eigenvalue weighted by Crippen LogP contribution is 2.25. The number of anilines is 1. The fraction of sp³-hybridized carbons (Fsp3) is 0.571. The van der Waals surface area contributed by atoms with Crippen LogP contribution in [0.4, 0.5) is 5.82 Å².